The van der Waals surface area contributed by atoms with Crippen LogP contribution >= 0.6 is 0 Å². The summed E-state index contributed by atoms with van der Waals surface area (Å²) in [5.41, 5.74) is 3.28. The van der Waals surface area contributed by atoms with Crippen LogP contribution in [-0.2, 0) is 25.6 Å². The van der Waals surface area contributed by atoms with Gasteiger partial charge in [-0.05, 0) is 57.4 Å². The summed E-state index contributed by atoms with van der Waals surface area (Å²) in [6.45, 7) is 9.25. The second-order valence-corrected chi connectivity index (χ2v) is 8.59. The maximum Gasteiger partial charge on any atom is 0.407 e. The first-order chi connectivity index (χ1) is 15.0. The number of hydrogen-bond acceptors (Lipinski definition) is 6. The number of ether oxygens (including phenoxy) is 3. The fourth-order valence-corrected chi connectivity index (χ4v) is 3.09. The average Bonchev–Trinajstić information content (AvgIpc) is 2.71. The minimum atomic E-state index is -0.695. The van der Waals surface area contributed by atoms with Gasteiger partial charge < -0.3 is 19.5 Å². The molecule has 1 amide bonds. The maximum absolute atomic E-state index is 12.4. The molecule has 0 spiro atoms. The Bertz CT molecular complexity index is 959. The zero-order chi connectivity index (χ0) is 23.9. The number of esters is 2. The molecule has 0 saturated heterocycles. The molecule has 2 aromatic carbocycles. The Morgan fingerprint density at radius 2 is 1.66 bits per heavy atom. The van der Waals surface area contributed by atoms with Crippen molar-refractivity contribution in [1.82, 2.24) is 5.32 Å². The van der Waals surface area contributed by atoms with Crippen LogP contribution in [0.1, 0.15) is 59.3 Å². The van der Waals surface area contributed by atoms with E-state index in [4.69, 9.17) is 14.2 Å². The molecule has 0 heterocycles. The van der Waals surface area contributed by atoms with E-state index in [1.54, 1.807) is 51.1 Å². The molecule has 7 nitrogen and oxygen atoms in total. The lowest BCUT2D eigenvalue weighted by atomic mass is 9.98. The van der Waals surface area contributed by atoms with E-state index in [0.29, 0.717) is 11.1 Å². The number of benzene rings is 2. The van der Waals surface area contributed by atoms with E-state index in [1.165, 1.54) is 7.11 Å². The number of methoxy groups -OCH3 is 1. The molecule has 0 aliphatic heterocycles. The summed E-state index contributed by atoms with van der Waals surface area (Å²) >= 11 is 0. The van der Waals surface area contributed by atoms with E-state index >= 15 is 0 Å². The van der Waals surface area contributed by atoms with E-state index in [1.807, 2.05) is 26.0 Å². The number of hydrogen-bond donors (Lipinski definition) is 1. The van der Waals surface area contributed by atoms with Gasteiger partial charge in [-0.25, -0.2) is 9.59 Å². The van der Waals surface area contributed by atoms with Gasteiger partial charge in [0.15, 0.2) is 0 Å². The summed E-state index contributed by atoms with van der Waals surface area (Å²) in [5.74, 6) is -1.56. The monoisotopic (exact) mass is 441 g/mol. The van der Waals surface area contributed by atoms with Crippen molar-refractivity contribution in [2.75, 3.05) is 13.7 Å². The predicted molar refractivity (Wildman–Crippen MR) is 120 cm³/mol. The topological polar surface area (TPSA) is 90.9 Å². The van der Waals surface area contributed by atoms with E-state index in [9.17, 15) is 14.4 Å². The zero-order valence-electron chi connectivity index (χ0n) is 19.5. The van der Waals surface area contributed by atoms with E-state index in [-0.39, 0.29) is 19.1 Å². The van der Waals surface area contributed by atoms with Gasteiger partial charge in [0.1, 0.15) is 12.2 Å². The molecule has 0 radical (unpaired) electrons. The van der Waals surface area contributed by atoms with Gasteiger partial charge in [-0.2, -0.15) is 0 Å². The first-order valence-electron chi connectivity index (χ1n) is 10.4. The Hall–Kier alpha value is -3.35. The third-order valence-electron chi connectivity index (χ3n) is 4.69. The molecule has 1 N–H and O–H groups in total. The van der Waals surface area contributed by atoms with Crippen molar-refractivity contribution in [3.8, 4) is 0 Å². The van der Waals surface area contributed by atoms with Gasteiger partial charge in [-0.3, -0.25) is 4.79 Å². The molecule has 7 heteroatoms. The third-order valence-corrected chi connectivity index (χ3v) is 4.69. The Kier molecular flexibility index (Phi) is 8.41. The number of amides is 1. The van der Waals surface area contributed by atoms with Crippen LogP contribution in [0, 0.1) is 13.8 Å². The first-order valence-corrected chi connectivity index (χ1v) is 10.4. The maximum atomic E-state index is 12.4. The number of rotatable bonds is 7. The lowest BCUT2D eigenvalue weighted by Crippen LogP contribution is -2.36. The van der Waals surface area contributed by atoms with Crippen LogP contribution in [-0.4, -0.2) is 37.3 Å². The van der Waals surface area contributed by atoms with Crippen molar-refractivity contribution in [2.24, 2.45) is 0 Å². The van der Waals surface area contributed by atoms with Crippen LogP contribution in [0.15, 0.2) is 42.5 Å². The Morgan fingerprint density at radius 3 is 2.22 bits per heavy atom. The summed E-state index contributed by atoms with van der Waals surface area (Å²) in [6, 6.07) is 12.6. The molecular formula is C25H31NO6. The molecule has 0 fully saturated rings. The quantitative estimate of drug-likeness (QED) is 0.505. The smallest absolute Gasteiger partial charge is 0.407 e. The summed E-state index contributed by atoms with van der Waals surface area (Å²) in [4.78, 5) is 36.5. The lowest BCUT2D eigenvalue weighted by molar-refractivity contribution is -0.142. The van der Waals surface area contributed by atoms with Crippen molar-refractivity contribution >= 4 is 18.0 Å². The molecule has 1 atom stereocenters. The molecule has 0 aliphatic rings. The number of nitrogens with one attached hydrogen (secondary N) is 1. The van der Waals surface area contributed by atoms with Gasteiger partial charge in [0.25, 0.3) is 0 Å². The fourth-order valence-electron chi connectivity index (χ4n) is 3.09. The highest BCUT2D eigenvalue weighted by atomic mass is 16.6. The molecule has 172 valence electrons. The highest BCUT2D eigenvalue weighted by Gasteiger charge is 2.24. The first kappa shape index (κ1) is 24.9. The third kappa shape index (κ3) is 7.41. The molecule has 2 rings (SSSR count). The van der Waals surface area contributed by atoms with E-state index in [2.05, 4.69) is 5.32 Å². The predicted octanol–water partition coefficient (Wildman–Crippen LogP) is 4.44. The van der Waals surface area contributed by atoms with Gasteiger partial charge in [0.2, 0.25) is 0 Å². The second-order valence-electron chi connectivity index (χ2n) is 8.59. The number of alkyl carbamates (subject to hydrolysis) is 1. The molecular weight excluding hydrogens is 410 g/mol. The molecule has 32 heavy (non-hydrogen) atoms. The minimum absolute atomic E-state index is 0.0304. The van der Waals surface area contributed by atoms with Gasteiger partial charge in [-0.1, -0.05) is 42.0 Å². The summed E-state index contributed by atoms with van der Waals surface area (Å²) in [7, 11) is 1.30. The number of carbonyl (C=O) groups is 3. The van der Waals surface area contributed by atoms with Crippen molar-refractivity contribution in [1.29, 1.82) is 0 Å². The SMILES string of the molecule is COC(=O)C(CNC(=O)OC(C)(C)C)c1ccc(COC(=O)c2ccc(C)cc2C)cc1. The standard InChI is InChI=1S/C25H31NO6/c1-16-7-12-20(17(2)13-16)23(28)31-15-18-8-10-19(11-9-18)21(22(27)30-6)14-26-24(29)32-25(3,4)5/h7-13,21H,14-15H2,1-6H3,(H,26,29). The van der Waals surface area contributed by atoms with Gasteiger partial charge in [0, 0.05) is 6.54 Å². The summed E-state index contributed by atoms with van der Waals surface area (Å²) < 4.78 is 15.5. The number of carbonyl (C=O) groups excluding carboxylic acids is 3. The van der Waals surface area contributed by atoms with Gasteiger partial charge in [-0.15, -0.1) is 0 Å². The van der Waals surface area contributed by atoms with E-state index in [0.717, 1.165) is 16.7 Å². The van der Waals surface area contributed by atoms with E-state index < -0.39 is 23.6 Å². The molecule has 0 saturated carbocycles. The van der Waals surface area contributed by atoms with Crippen molar-refractivity contribution in [3.63, 3.8) is 0 Å². The van der Waals surface area contributed by atoms with Crippen LogP contribution in [0.3, 0.4) is 0 Å². The summed E-state index contributed by atoms with van der Waals surface area (Å²) in [5, 5.41) is 2.60. The normalized spacial score (nSPS) is 11.9. The van der Waals surface area contributed by atoms with Crippen LogP contribution in [0.25, 0.3) is 0 Å². The summed E-state index contributed by atoms with van der Waals surface area (Å²) in [6.07, 6.45) is -0.610. The van der Waals surface area contributed by atoms with Crippen molar-refractivity contribution in [2.45, 2.75) is 52.7 Å². The van der Waals surface area contributed by atoms with Gasteiger partial charge in [0.05, 0.1) is 18.6 Å². The molecule has 0 bridgehead atoms. The van der Waals surface area contributed by atoms with Crippen LogP contribution < -0.4 is 5.32 Å². The van der Waals surface area contributed by atoms with Crippen LogP contribution in [0.2, 0.25) is 0 Å². The number of aryl methyl sites for hydroxylation is 2. The van der Waals surface area contributed by atoms with Crippen LogP contribution in [0.5, 0.6) is 0 Å². The van der Waals surface area contributed by atoms with Gasteiger partial charge >= 0.3 is 18.0 Å². The van der Waals surface area contributed by atoms with Crippen molar-refractivity contribution < 1.29 is 28.6 Å². The highest BCUT2D eigenvalue weighted by molar-refractivity contribution is 5.91. The fraction of sp³-hybridized carbons (Fsp3) is 0.400. The molecule has 1 unspecified atom stereocenters. The van der Waals surface area contributed by atoms with Crippen LogP contribution in [0.4, 0.5) is 4.79 Å². The highest BCUT2D eigenvalue weighted by Crippen LogP contribution is 2.19. The lowest BCUT2D eigenvalue weighted by Gasteiger charge is -2.21. The molecule has 0 aliphatic carbocycles. The zero-order valence-corrected chi connectivity index (χ0v) is 19.5. The largest absolute Gasteiger partial charge is 0.468 e. The Labute approximate surface area is 189 Å². The minimum Gasteiger partial charge on any atom is -0.468 e. The second kappa shape index (κ2) is 10.8. The molecule has 2 aromatic rings. The van der Waals surface area contributed by atoms with Crippen molar-refractivity contribution in [3.05, 3.63) is 70.3 Å². The molecule has 0 aromatic heterocycles. The average molecular weight is 442 g/mol. The Morgan fingerprint density at radius 1 is 1.00 bits per heavy atom. The Balaban J connectivity index is 2.01.